The standard InChI is InChI=1S/C14H11F3N2O2/c15-10-4-2-9(6-12(10)17)21-7-14(20)19-13-5-8(18)1-3-11(13)16/h1-6H,7,18H2,(H,19,20). The van der Waals surface area contributed by atoms with E-state index in [0.717, 1.165) is 18.2 Å². The second-order valence-electron chi connectivity index (χ2n) is 4.15. The van der Waals surface area contributed by atoms with Crippen LogP contribution in [0.5, 0.6) is 5.75 Å². The lowest BCUT2D eigenvalue weighted by atomic mass is 10.2. The summed E-state index contributed by atoms with van der Waals surface area (Å²) in [7, 11) is 0. The molecule has 2 aromatic rings. The number of rotatable bonds is 4. The fraction of sp³-hybridized carbons (Fsp3) is 0.0714. The molecule has 7 heteroatoms. The molecule has 2 rings (SSSR count). The molecule has 2 aromatic carbocycles. The summed E-state index contributed by atoms with van der Waals surface area (Å²) in [6.45, 7) is -0.487. The first-order valence-corrected chi connectivity index (χ1v) is 5.88. The summed E-state index contributed by atoms with van der Waals surface area (Å²) in [6.07, 6.45) is 0. The Balaban J connectivity index is 1.95. The normalized spacial score (nSPS) is 10.2. The maximum absolute atomic E-state index is 13.4. The summed E-state index contributed by atoms with van der Waals surface area (Å²) in [4.78, 5) is 11.6. The zero-order valence-corrected chi connectivity index (χ0v) is 10.7. The fourth-order valence-electron chi connectivity index (χ4n) is 1.54. The number of nitrogens with one attached hydrogen (secondary N) is 1. The van der Waals surface area contributed by atoms with Crippen molar-refractivity contribution in [2.75, 3.05) is 17.7 Å². The van der Waals surface area contributed by atoms with Crippen molar-refractivity contribution in [1.82, 2.24) is 0 Å². The summed E-state index contributed by atoms with van der Waals surface area (Å²) in [5.74, 6) is -3.44. The van der Waals surface area contributed by atoms with Gasteiger partial charge in [0.2, 0.25) is 0 Å². The van der Waals surface area contributed by atoms with E-state index < -0.39 is 30.0 Å². The van der Waals surface area contributed by atoms with Crippen molar-refractivity contribution in [1.29, 1.82) is 0 Å². The molecular formula is C14H11F3N2O2. The van der Waals surface area contributed by atoms with E-state index in [4.69, 9.17) is 10.5 Å². The first-order chi connectivity index (χ1) is 9.95. The number of benzene rings is 2. The Hall–Kier alpha value is -2.70. The van der Waals surface area contributed by atoms with Gasteiger partial charge in [-0.05, 0) is 30.3 Å². The largest absolute Gasteiger partial charge is 0.484 e. The van der Waals surface area contributed by atoms with E-state index in [9.17, 15) is 18.0 Å². The van der Waals surface area contributed by atoms with Gasteiger partial charge in [-0.3, -0.25) is 4.79 Å². The molecule has 0 aliphatic heterocycles. The number of nitrogens with two attached hydrogens (primary N) is 1. The molecule has 21 heavy (non-hydrogen) atoms. The summed E-state index contributed by atoms with van der Waals surface area (Å²) >= 11 is 0. The molecule has 3 N–H and O–H groups in total. The van der Waals surface area contributed by atoms with Gasteiger partial charge < -0.3 is 15.8 Å². The number of halogens is 3. The van der Waals surface area contributed by atoms with E-state index in [1.807, 2.05) is 0 Å². The number of anilines is 2. The van der Waals surface area contributed by atoms with Crippen LogP contribution in [0.15, 0.2) is 36.4 Å². The first-order valence-electron chi connectivity index (χ1n) is 5.88. The summed E-state index contributed by atoms with van der Waals surface area (Å²) < 4.78 is 44.0. The lowest BCUT2D eigenvalue weighted by Gasteiger charge is -2.09. The van der Waals surface area contributed by atoms with Gasteiger partial charge in [-0.1, -0.05) is 0 Å². The van der Waals surface area contributed by atoms with Crippen molar-refractivity contribution in [3.63, 3.8) is 0 Å². The van der Waals surface area contributed by atoms with Crippen LogP contribution in [0.1, 0.15) is 0 Å². The summed E-state index contributed by atoms with van der Waals surface area (Å²) in [5, 5.41) is 2.26. The monoisotopic (exact) mass is 296 g/mol. The van der Waals surface area contributed by atoms with Gasteiger partial charge in [0, 0.05) is 11.8 Å². The molecule has 0 aromatic heterocycles. The van der Waals surface area contributed by atoms with Gasteiger partial charge in [0.15, 0.2) is 18.2 Å². The number of hydrogen-bond donors (Lipinski definition) is 2. The molecule has 110 valence electrons. The van der Waals surface area contributed by atoms with E-state index in [2.05, 4.69) is 5.32 Å². The Labute approximate surface area is 118 Å². The predicted molar refractivity (Wildman–Crippen MR) is 71.3 cm³/mol. The number of ether oxygens (including phenoxy) is 1. The quantitative estimate of drug-likeness (QED) is 0.853. The Morgan fingerprint density at radius 2 is 1.76 bits per heavy atom. The molecule has 0 heterocycles. The van der Waals surface area contributed by atoms with Gasteiger partial charge in [-0.15, -0.1) is 0 Å². The van der Waals surface area contributed by atoms with E-state index >= 15 is 0 Å². The van der Waals surface area contributed by atoms with E-state index in [1.165, 1.54) is 18.2 Å². The molecule has 0 aliphatic carbocycles. The van der Waals surface area contributed by atoms with Gasteiger partial charge in [0.25, 0.3) is 5.91 Å². The Bertz CT molecular complexity index is 677. The zero-order chi connectivity index (χ0) is 15.4. The molecule has 1 amide bonds. The molecule has 0 bridgehead atoms. The molecule has 4 nitrogen and oxygen atoms in total. The topological polar surface area (TPSA) is 64.3 Å². The molecule has 0 atom stereocenters. The van der Waals surface area contributed by atoms with Crippen molar-refractivity contribution in [3.8, 4) is 5.75 Å². The van der Waals surface area contributed by atoms with Crippen molar-refractivity contribution in [2.24, 2.45) is 0 Å². The predicted octanol–water partition coefficient (Wildman–Crippen LogP) is 2.70. The van der Waals surface area contributed by atoms with Gasteiger partial charge in [-0.2, -0.15) is 0 Å². The van der Waals surface area contributed by atoms with Crippen LogP contribution in [0, 0.1) is 17.5 Å². The fourth-order valence-corrected chi connectivity index (χ4v) is 1.54. The molecule has 0 aliphatic rings. The maximum Gasteiger partial charge on any atom is 0.262 e. The molecule has 0 fully saturated rings. The SMILES string of the molecule is Nc1ccc(F)c(NC(=O)COc2ccc(F)c(F)c2)c1. The number of amides is 1. The Kier molecular flexibility index (Phi) is 4.32. The maximum atomic E-state index is 13.4. The lowest BCUT2D eigenvalue weighted by molar-refractivity contribution is -0.118. The number of carbonyl (C=O) groups is 1. The minimum absolute atomic E-state index is 0.0166. The third-order valence-electron chi connectivity index (χ3n) is 2.53. The van der Waals surface area contributed by atoms with Crippen molar-refractivity contribution < 1.29 is 22.7 Å². The second-order valence-corrected chi connectivity index (χ2v) is 4.15. The van der Waals surface area contributed by atoms with Crippen molar-refractivity contribution >= 4 is 17.3 Å². The van der Waals surface area contributed by atoms with Crippen molar-refractivity contribution in [3.05, 3.63) is 53.8 Å². The van der Waals surface area contributed by atoms with Crippen LogP contribution in [0.2, 0.25) is 0 Å². The lowest BCUT2D eigenvalue weighted by Crippen LogP contribution is -2.21. The molecule has 0 unspecified atom stereocenters. The molecule has 0 spiro atoms. The minimum atomic E-state index is -1.09. The Morgan fingerprint density at radius 3 is 2.48 bits per heavy atom. The highest BCUT2D eigenvalue weighted by molar-refractivity contribution is 5.92. The van der Waals surface area contributed by atoms with Crippen LogP contribution in [0.4, 0.5) is 24.5 Å². The van der Waals surface area contributed by atoms with Crippen LogP contribution >= 0.6 is 0 Å². The summed E-state index contributed by atoms with van der Waals surface area (Å²) in [6, 6.07) is 6.57. The number of carbonyl (C=O) groups excluding carboxylic acids is 1. The third kappa shape index (κ3) is 3.88. The second kappa shape index (κ2) is 6.17. The highest BCUT2D eigenvalue weighted by Crippen LogP contribution is 2.18. The van der Waals surface area contributed by atoms with Gasteiger partial charge in [0.1, 0.15) is 11.6 Å². The smallest absolute Gasteiger partial charge is 0.262 e. The highest BCUT2D eigenvalue weighted by Gasteiger charge is 2.09. The van der Waals surface area contributed by atoms with Crippen LogP contribution in [0.3, 0.4) is 0 Å². The zero-order valence-electron chi connectivity index (χ0n) is 10.7. The number of hydrogen-bond acceptors (Lipinski definition) is 3. The van der Waals surface area contributed by atoms with E-state index in [-0.39, 0.29) is 17.1 Å². The van der Waals surface area contributed by atoms with Crippen LogP contribution < -0.4 is 15.8 Å². The molecule has 0 radical (unpaired) electrons. The third-order valence-corrected chi connectivity index (χ3v) is 2.53. The van der Waals surface area contributed by atoms with E-state index in [0.29, 0.717) is 0 Å². The van der Waals surface area contributed by atoms with Crippen LogP contribution in [-0.2, 0) is 4.79 Å². The van der Waals surface area contributed by atoms with E-state index in [1.54, 1.807) is 0 Å². The van der Waals surface area contributed by atoms with Crippen LogP contribution in [-0.4, -0.2) is 12.5 Å². The molecule has 0 saturated carbocycles. The van der Waals surface area contributed by atoms with Crippen molar-refractivity contribution in [2.45, 2.75) is 0 Å². The van der Waals surface area contributed by atoms with Crippen LogP contribution in [0.25, 0.3) is 0 Å². The highest BCUT2D eigenvalue weighted by atomic mass is 19.2. The average molecular weight is 296 g/mol. The van der Waals surface area contributed by atoms with Gasteiger partial charge >= 0.3 is 0 Å². The Morgan fingerprint density at radius 1 is 1.05 bits per heavy atom. The molecule has 0 saturated heterocycles. The average Bonchev–Trinajstić information content (AvgIpc) is 2.44. The molecular weight excluding hydrogens is 285 g/mol. The minimum Gasteiger partial charge on any atom is -0.484 e. The van der Waals surface area contributed by atoms with Gasteiger partial charge in [0.05, 0.1) is 5.69 Å². The van der Waals surface area contributed by atoms with Gasteiger partial charge in [-0.25, -0.2) is 13.2 Å². The first kappa shape index (κ1) is 14.7. The summed E-state index contributed by atoms with van der Waals surface area (Å²) in [5.41, 5.74) is 5.67. The number of nitrogen functional groups attached to an aromatic ring is 1.